The van der Waals surface area contributed by atoms with Gasteiger partial charge in [0.15, 0.2) is 6.61 Å². The number of nitrogens with one attached hydrogen (secondary N) is 1. The number of thiazole rings is 1. The highest BCUT2D eigenvalue weighted by atomic mass is 32.1. The first-order chi connectivity index (χ1) is 11.4. The largest absolute Gasteiger partial charge is 0.484 e. The number of hydrogen-bond donors (Lipinski definition) is 1. The minimum Gasteiger partial charge on any atom is -0.484 e. The molecule has 0 aliphatic rings. The summed E-state index contributed by atoms with van der Waals surface area (Å²) in [6.45, 7) is 8.44. The van der Waals surface area contributed by atoms with Crippen LogP contribution >= 0.6 is 11.3 Å². The lowest BCUT2D eigenvalue weighted by atomic mass is 10.0. The van der Waals surface area contributed by atoms with Gasteiger partial charge in [0.25, 0.3) is 5.91 Å². The average Bonchev–Trinajstić information content (AvgIpc) is 2.98. The first kappa shape index (κ1) is 18.5. The molecule has 0 bridgehead atoms. The summed E-state index contributed by atoms with van der Waals surface area (Å²) in [5.41, 5.74) is 2.09. The molecule has 0 fully saturated rings. The van der Waals surface area contributed by atoms with E-state index in [2.05, 4.69) is 24.1 Å². The highest BCUT2D eigenvalue weighted by Crippen LogP contribution is 2.25. The summed E-state index contributed by atoms with van der Waals surface area (Å²) in [5.74, 6) is 1.27. The first-order valence-electron chi connectivity index (χ1n) is 8.38. The molecule has 1 aromatic heterocycles. The number of benzene rings is 1. The molecule has 0 aliphatic carbocycles. The lowest BCUT2D eigenvalue weighted by Crippen LogP contribution is -2.36. The third-order valence-electron chi connectivity index (χ3n) is 3.67. The summed E-state index contributed by atoms with van der Waals surface area (Å²) in [7, 11) is 0. The van der Waals surface area contributed by atoms with Gasteiger partial charge in [0, 0.05) is 22.7 Å². The summed E-state index contributed by atoms with van der Waals surface area (Å²) in [4.78, 5) is 16.4. The molecule has 0 radical (unpaired) electrons. The van der Waals surface area contributed by atoms with Gasteiger partial charge in [-0.2, -0.15) is 0 Å². The third kappa shape index (κ3) is 5.96. The van der Waals surface area contributed by atoms with Gasteiger partial charge >= 0.3 is 0 Å². The van der Waals surface area contributed by atoms with Crippen LogP contribution in [0.2, 0.25) is 0 Å². The molecule has 5 heteroatoms. The van der Waals surface area contributed by atoms with E-state index in [4.69, 9.17) is 4.74 Å². The van der Waals surface area contributed by atoms with Crippen LogP contribution in [0.4, 0.5) is 0 Å². The van der Waals surface area contributed by atoms with Crippen LogP contribution < -0.4 is 10.1 Å². The second-order valence-electron chi connectivity index (χ2n) is 6.55. The smallest absolute Gasteiger partial charge is 0.258 e. The molecular weight excluding hydrogens is 320 g/mol. The average molecular weight is 346 g/mol. The Morgan fingerprint density at radius 1 is 1.21 bits per heavy atom. The van der Waals surface area contributed by atoms with Gasteiger partial charge in [-0.15, -0.1) is 11.3 Å². The van der Waals surface area contributed by atoms with Gasteiger partial charge in [-0.25, -0.2) is 4.98 Å². The molecule has 2 rings (SSSR count). The molecule has 4 nitrogen and oxygen atoms in total. The number of rotatable bonds is 8. The van der Waals surface area contributed by atoms with E-state index in [-0.39, 0.29) is 18.6 Å². The predicted molar refractivity (Wildman–Crippen MR) is 99.5 cm³/mol. The summed E-state index contributed by atoms with van der Waals surface area (Å²) in [5, 5.41) is 6.00. The molecule has 0 aliphatic heterocycles. The Kier molecular flexibility index (Phi) is 6.79. The first-order valence-corrected chi connectivity index (χ1v) is 9.26. The highest BCUT2D eigenvalue weighted by molar-refractivity contribution is 7.13. The number of carbonyl (C=O) groups is 1. The maximum absolute atomic E-state index is 11.9. The van der Waals surface area contributed by atoms with Crippen LogP contribution in [0.15, 0.2) is 29.6 Å². The van der Waals surface area contributed by atoms with E-state index in [1.54, 1.807) is 11.3 Å². The molecule has 24 heavy (non-hydrogen) atoms. The Labute approximate surface area is 148 Å². The number of nitrogens with zero attached hydrogens (tertiary/aromatic N) is 1. The zero-order chi connectivity index (χ0) is 17.5. The van der Waals surface area contributed by atoms with E-state index in [9.17, 15) is 4.79 Å². The number of amides is 1. The van der Waals surface area contributed by atoms with Crippen molar-refractivity contribution in [3.8, 4) is 16.3 Å². The molecule has 1 amide bonds. The fourth-order valence-corrected chi connectivity index (χ4v) is 3.10. The molecule has 130 valence electrons. The van der Waals surface area contributed by atoms with Crippen molar-refractivity contribution in [1.29, 1.82) is 0 Å². The van der Waals surface area contributed by atoms with Crippen LogP contribution in [0.3, 0.4) is 0 Å². The molecule has 1 heterocycles. The Hall–Kier alpha value is -1.88. The van der Waals surface area contributed by atoms with Gasteiger partial charge in [0.05, 0.1) is 0 Å². The van der Waals surface area contributed by atoms with Crippen molar-refractivity contribution in [3.05, 3.63) is 35.3 Å². The Morgan fingerprint density at radius 3 is 2.50 bits per heavy atom. The van der Waals surface area contributed by atoms with E-state index in [0.717, 1.165) is 29.1 Å². The molecule has 0 saturated heterocycles. The van der Waals surface area contributed by atoms with E-state index < -0.39 is 0 Å². The van der Waals surface area contributed by atoms with E-state index in [1.165, 1.54) is 0 Å². The SMILES string of the molecule is Cc1csc(-c2ccc(OCC(=O)N[C@@H](C)CCC(C)C)cc2)n1. The Morgan fingerprint density at radius 2 is 1.92 bits per heavy atom. The Bertz CT molecular complexity index is 650. The molecule has 1 atom stereocenters. The summed E-state index contributed by atoms with van der Waals surface area (Å²) in [6.07, 6.45) is 2.10. The fourth-order valence-electron chi connectivity index (χ4n) is 2.30. The normalized spacial score (nSPS) is 12.2. The van der Waals surface area contributed by atoms with Crippen LogP contribution in [0.25, 0.3) is 10.6 Å². The predicted octanol–water partition coefficient (Wildman–Crippen LogP) is 4.44. The van der Waals surface area contributed by atoms with Gasteiger partial charge in [-0.05, 0) is 56.9 Å². The number of aryl methyl sites for hydroxylation is 1. The topological polar surface area (TPSA) is 51.2 Å². The van der Waals surface area contributed by atoms with E-state index in [0.29, 0.717) is 11.7 Å². The van der Waals surface area contributed by atoms with Crippen molar-refractivity contribution in [2.24, 2.45) is 5.92 Å². The van der Waals surface area contributed by atoms with Crippen molar-refractivity contribution in [2.45, 2.75) is 46.6 Å². The molecule has 0 saturated carbocycles. The molecule has 0 spiro atoms. The quantitative estimate of drug-likeness (QED) is 0.769. The molecular formula is C19H26N2O2S. The molecule has 2 aromatic rings. The van der Waals surface area contributed by atoms with Gasteiger partial charge in [0.2, 0.25) is 0 Å². The van der Waals surface area contributed by atoms with Crippen LogP contribution in [0.5, 0.6) is 5.75 Å². The lowest BCUT2D eigenvalue weighted by Gasteiger charge is -2.15. The van der Waals surface area contributed by atoms with Gasteiger partial charge in [-0.1, -0.05) is 13.8 Å². The van der Waals surface area contributed by atoms with Gasteiger partial charge in [-0.3, -0.25) is 4.79 Å². The number of carbonyl (C=O) groups excluding carboxylic acids is 1. The minimum absolute atomic E-state index is 0.0434. The van der Waals surface area contributed by atoms with Gasteiger partial charge < -0.3 is 10.1 Å². The number of hydrogen-bond acceptors (Lipinski definition) is 4. The van der Waals surface area contributed by atoms with Crippen LogP contribution in [-0.2, 0) is 4.79 Å². The second kappa shape index (κ2) is 8.83. The van der Waals surface area contributed by atoms with E-state index in [1.807, 2.05) is 43.5 Å². The van der Waals surface area contributed by atoms with E-state index >= 15 is 0 Å². The zero-order valence-electron chi connectivity index (χ0n) is 14.8. The molecule has 0 unspecified atom stereocenters. The van der Waals surface area contributed by atoms with Crippen molar-refractivity contribution >= 4 is 17.2 Å². The van der Waals surface area contributed by atoms with Crippen molar-refractivity contribution in [2.75, 3.05) is 6.61 Å². The summed E-state index contributed by atoms with van der Waals surface area (Å²) < 4.78 is 5.56. The maximum atomic E-state index is 11.9. The monoisotopic (exact) mass is 346 g/mol. The van der Waals surface area contributed by atoms with Crippen LogP contribution in [0.1, 0.15) is 39.3 Å². The molecule has 1 N–H and O–H groups in total. The van der Waals surface area contributed by atoms with Crippen molar-refractivity contribution in [3.63, 3.8) is 0 Å². The number of ether oxygens (including phenoxy) is 1. The third-order valence-corrected chi connectivity index (χ3v) is 4.68. The Balaban J connectivity index is 1.78. The summed E-state index contributed by atoms with van der Waals surface area (Å²) in [6, 6.07) is 7.87. The summed E-state index contributed by atoms with van der Waals surface area (Å²) >= 11 is 1.62. The fraction of sp³-hybridized carbons (Fsp3) is 0.474. The van der Waals surface area contributed by atoms with Crippen molar-refractivity contribution < 1.29 is 9.53 Å². The van der Waals surface area contributed by atoms with Crippen molar-refractivity contribution in [1.82, 2.24) is 10.3 Å². The number of aromatic nitrogens is 1. The lowest BCUT2D eigenvalue weighted by molar-refractivity contribution is -0.123. The second-order valence-corrected chi connectivity index (χ2v) is 7.40. The molecule has 1 aromatic carbocycles. The highest BCUT2D eigenvalue weighted by Gasteiger charge is 2.09. The standard InChI is InChI=1S/C19H26N2O2S/c1-13(2)5-6-14(3)20-18(22)11-23-17-9-7-16(8-10-17)19-21-15(4)12-24-19/h7-10,12-14H,5-6,11H2,1-4H3,(H,20,22)/t14-/m0/s1. The zero-order valence-corrected chi connectivity index (χ0v) is 15.7. The van der Waals surface area contributed by atoms with Crippen LogP contribution in [-0.4, -0.2) is 23.5 Å². The van der Waals surface area contributed by atoms with Gasteiger partial charge in [0.1, 0.15) is 10.8 Å². The maximum Gasteiger partial charge on any atom is 0.258 e. The van der Waals surface area contributed by atoms with Crippen LogP contribution in [0, 0.1) is 12.8 Å². The minimum atomic E-state index is -0.0779.